The number of aromatic amines is 1. The molecule has 0 atom stereocenters. The van der Waals surface area contributed by atoms with E-state index in [1.165, 1.54) is 0 Å². The number of unbranched alkanes of at least 4 members (excludes halogenated alkanes) is 3. The van der Waals surface area contributed by atoms with E-state index in [4.69, 9.17) is 0 Å². The first-order valence-electron chi connectivity index (χ1n) is 8.78. The van der Waals surface area contributed by atoms with Crippen LogP contribution in [0, 0.1) is 0 Å². The third-order valence-electron chi connectivity index (χ3n) is 4.31. The van der Waals surface area contributed by atoms with Gasteiger partial charge in [0.1, 0.15) is 0 Å². The van der Waals surface area contributed by atoms with Crippen LogP contribution in [0.25, 0.3) is 22.2 Å². The number of para-hydroxylation sites is 1. The molecule has 0 aliphatic rings. The van der Waals surface area contributed by atoms with Crippen LogP contribution in [0.2, 0.25) is 0 Å². The summed E-state index contributed by atoms with van der Waals surface area (Å²) < 4.78 is 27.7. The van der Waals surface area contributed by atoms with Gasteiger partial charge in [-0.3, -0.25) is 0 Å². The minimum Gasteiger partial charge on any atom is -0.355 e. The summed E-state index contributed by atoms with van der Waals surface area (Å²) in [6.07, 6.45) is 4.19. The predicted octanol–water partition coefficient (Wildman–Crippen LogP) is 4.69. The highest BCUT2D eigenvalue weighted by Crippen LogP contribution is 2.25. The van der Waals surface area contributed by atoms with Crippen LogP contribution in [0.3, 0.4) is 0 Å². The standard InChI is InChI=1S/C20H24N2O2S/c1-2-3-4-7-13-21-25(23,24)18-11-8-10-16(14-18)20-15-17-9-5-6-12-19(17)22-20/h5-6,8-12,14-15,21-22H,2-4,7,13H2,1H3. The molecule has 2 aromatic carbocycles. The van der Waals surface area contributed by atoms with Gasteiger partial charge in [0, 0.05) is 23.1 Å². The van der Waals surface area contributed by atoms with Crippen molar-refractivity contribution in [3.05, 3.63) is 54.6 Å². The molecular formula is C20H24N2O2S. The smallest absolute Gasteiger partial charge is 0.240 e. The topological polar surface area (TPSA) is 62.0 Å². The van der Waals surface area contributed by atoms with E-state index in [2.05, 4.69) is 16.6 Å². The first kappa shape index (κ1) is 17.7. The first-order chi connectivity index (χ1) is 12.1. The van der Waals surface area contributed by atoms with E-state index in [0.717, 1.165) is 47.8 Å². The first-order valence-corrected chi connectivity index (χ1v) is 10.3. The van der Waals surface area contributed by atoms with Gasteiger partial charge in [0.2, 0.25) is 10.0 Å². The molecule has 0 bridgehead atoms. The van der Waals surface area contributed by atoms with Crippen molar-refractivity contribution in [1.29, 1.82) is 0 Å². The van der Waals surface area contributed by atoms with Crippen molar-refractivity contribution in [2.45, 2.75) is 37.5 Å². The predicted molar refractivity (Wildman–Crippen MR) is 103 cm³/mol. The van der Waals surface area contributed by atoms with Crippen LogP contribution in [-0.4, -0.2) is 19.9 Å². The normalized spacial score (nSPS) is 11.9. The highest BCUT2D eigenvalue weighted by molar-refractivity contribution is 7.89. The molecule has 3 aromatic rings. The summed E-state index contributed by atoms with van der Waals surface area (Å²) in [5.74, 6) is 0. The zero-order chi connectivity index (χ0) is 17.7. The van der Waals surface area contributed by atoms with Crippen LogP contribution in [0.5, 0.6) is 0 Å². The van der Waals surface area contributed by atoms with Gasteiger partial charge in [0.25, 0.3) is 0 Å². The molecule has 0 aliphatic carbocycles. The van der Waals surface area contributed by atoms with Crippen LogP contribution < -0.4 is 4.72 Å². The van der Waals surface area contributed by atoms with E-state index in [-0.39, 0.29) is 0 Å². The number of sulfonamides is 1. The molecule has 0 saturated heterocycles. The van der Waals surface area contributed by atoms with Crippen LogP contribution in [0.15, 0.2) is 59.5 Å². The van der Waals surface area contributed by atoms with Crippen molar-refractivity contribution in [1.82, 2.24) is 9.71 Å². The molecule has 2 N–H and O–H groups in total. The van der Waals surface area contributed by atoms with Crippen molar-refractivity contribution in [2.24, 2.45) is 0 Å². The lowest BCUT2D eigenvalue weighted by Crippen LogP contribution is -2.24. The largest absolute Gasteiger partial charge is 0.355 e. The van der Waals surface area contributed by atoms with Gasteiger partial charge in [0.15, 0.2) is 0 Å². The van der Waals surface area contributed by atoms with Gasteiger partial charge in [-0.05, 0) is 36.2 Å². The number of hydrogen-bond acceptors (Lipinski definition) is 2. The Hall–Kier alpha value is -2.11. The molecule has 0 aliphatic heterocycles. The highest BCUT2D eigenvalue weighted by atomic mass is 32.2. The number of H-pyrrole nitrogens is 1. The van der Waals surface area contributed by atoms with E-state index in [1.807, 2.05) is 36.4 Å². The van der Waals surface area contributed by atoms with E-state index in [0.29, 0.717) is 11.4 Å². The maximum atomic E-state index is 12.5. The molecule has 132 valence electrons. The SMILES string of the molecule is CCCCCCNS(=O)(=O)c1cccc(-c2cc3ccccc3[nH]2)c1. The minimum atomic E-state index is -3.47. The van der Waals surface area contributed by atoms with Gasteiger partial charge < -0.3 is 4.98 Å². The molecule has 0 spiro atoms. The van der Waals surface area contributed by atoms with Crippen LogP contribution in [0.1, 0.15) is 32.6 Å². The Morgan fingerprint density at radius 3 is 2.60 bits per heavy atom. The Labute approximate surface area is 149 Å². The van der Waals surface area contributed by atoms with E-state index >= 15 is 0 Å². The third kappa shape index (κ3) is 4.30. The lowest BCUT2D eigenvalue weighted by molar-refractivity contribution is 0.573. The Morgan fingerprint density at radius 1 is 0.960 bits per heavy atom. The molecule has 0 saturated carbocycles. The van der Waals surface area contributed by atoms with Crippen molar-refractivity contribution < 1.29 is 8.42 Å². The summed E-state index contributed by atoms with van der Waals surface area (Å²) in [4.78, 5) is 3.65. The molecule has 0 unspecified atom stereocenters. The van der Waals surface area contributed by atoms with Gasteiger partial charge >= 0.3 is 0 Å². The number of aromatic nitrogens is 1. The van der Waals surface area contributed by atoms with E-state index in [9.17, 15) is 8.42 Å². The Bertz CT molecular complexity index is 912. The fourth-order valence-corrected chi connectivity index (χ4v) is 4.02. The number of benzene rings is 2. The molecular weight excluding hydrogens is 332 g/mol. The van der Waals surface area contributed by atoms with Crippen LogP contribution in [-0.2, 0) is 10.0 Å². The number of rotatable bonds is 8. The second kappa shape index (κ2) is 7.85. The summed E-state index contributed by atoms with van der Waals surface area (Å²) in [5.41, 5.74) is 2.83. The summed E-state index contributed by atoms with van der Waals surface area (Å²) >= 11 is 0. The maximum absolute atomic E-state index is 12.5. The Kier molecular flexibility index (Phi) is 5.56. The van der Waals surface area contributed by atoms with Gasteiger partial charge in [-0.15, -0.1) is 0 Å². The van der Waals surface area contributed by atoms with Gasteiger partial charge in [0.05, 0.1) is 4.90 Å². The highest BCUT2D eigenvalue weighted by Gasteiger charge is 2.14. The summed E-state index contributed by atoms with van der Waals surface area (Å²) in [6.45, 7) is 2.62. The molecule has 1 aromatic heterocycles. The zero-order valence-corrected chi connectivity index (χ0v) is 15.3. The molecule has 0 radical (unpaired) electrons. The van der Waals surface area contributed by atoms with E-state index in [1.54, 1.807) is 18.2 Å². The minimum absolute atomic E-state index is 0.305. The molecule has 25 heavy (non-hydrogen) atoms. The molecule has 1 heterocycles. The monoisotopic (exact) mass is 356 g/mol. The number of fused-ring (bicyclic) bond motifs is 1. The lowest BCUT2D eigenvalue weighted by Gasteiger charge is -2.08. The quantitative estimate of drug-likeness (QED) is 0.575. The second-order valence-corrected chi connectivity index (χ2v) is 8.02. The summed E-state index contributed by atoms with van der Waals surface area (Å²) in [5, 5.41) is 1.11. The molecule has 0 amide bonds. The average Bonchev–Trinajstić information content (AvgIpc) is 3.06. The van der Waals surface area contributed by atoms with Gasteiger partial charge in [-0.1, -0.05) is 56.5 Å². The number of nitrogens with one attached hydrogen (secondary N) is 2. The van der Waals surface area contributed by atoms with Crippen molar-refractivity contribution in [3.8, 4) is 11.3 Å². The average molecular weight is 356 g/mol. The fraction of sp³-hybridized carbons (Fsp3) is 0.300. The second-order valence-electron chi connectivity index (χ2n) is 6.26. The maximum Gasteiger partial charge on any atom is 0.240 e. The molecule has 4 nitrogen and oxygen atoms in total. The summed E-state index contributed by atoms with van der Waals surface area (Å²) in [6, 6.07) is 17.1. The molecule has 5 heteroatoms. The Balaban J connectivity index is 1.78. The summed E-state index contributed by atoms with van der Waals surface area (Å²) in [7, 11) is -3.47. The van der Waals surface area contributed by atoms with Crippen LogP contribution >= 0.6 is 0 Å². The fourth-order valence-electron chi connectivity index (χ4n) is 2.90. The molecule has 3 rings (SSSR count). The third-order valence-corrected chi connectivity index (χ3v) is 5.77. The zero-order valence-electron chi connectivity index (χ0n) is 14.5. The van der Waals surface area contributed by atoms with Crippen molar-refractivity contribution in [3.63, 3.8) is 0 Å². The van der Waals surface area contributed by atoms with Crippen molar-refractivity contribution in [2.75, 3.05) is 6.54 Å². The van der Waals surface area contributed by atoms with E-state index < -0.39 is 10.0 Å². The number of hydrogen-bond donors (Lipinski definition) is 2. The van der Waals surface area contributed by atoms with Crippen molar-refractivity contribution >= 4 is 20.9 Å². The van der Waals surface area contributed by atoms with Gasteiger partial charge in [-0.25, -0.2) is 13.1 Å². The lowest BCUT2D eigenvalue weighted by atomic mass is 10.1. The Morgan fingerprint density at radius 2 is 1.80 bits per heavy atom. The van der Waals surface area contributed by atoms with Gasteiger partial charge in [-0.2, -0.15) is 0 Å². The molecule has 0 fully saturated rings. The van der Waals surface area contributed by atoms with Crippen LogP contribution in [0.4, 0.5) is 0 Å².